The molecule has 3 nitrogen and oxygen atoms in total. The van der Waals surface area contributed by atoms with Crippen LogP contribution in [0.15, 0.2) is 42.6 Å². The highest BCUT2D eigenvalue weighted by atomic mass is 16.5. The highest BCUT2D eigenvalue weighted by Gasteiger charge is 2.14. The molecule has 0 spiro atoms. The summed E-state index contributed by atoms with van der Waals surface area (Å²) in [6.45, 7) is 6.10. The van der Waals surface area contributed by atoms with Gasteiger partial charge in [0.15, 0.2) is 0 Å². The van der Waals surface area contributed by atoms with Gasteiger partial charge >= 0.3 is 0 Å². The van der Waals surface area contributed by atoms with Crippen molar-refractivity contribution in [2.75, 3.05) is 7.05 Å². The normalized spacial score (nSPS) is 12.4. The predicted molar refractivity (Wildman–Crippen MR) is 82.1 cm³/mol. The van der Waals surface area contributed by atoms with Gasteiger partial charge in [-0.1, -0.05) is 18.2 Å². The van der Waals surface area contributed by atoms with E-state index in [1.54, 1.807) is 0 Å². The fourth-order valence-electron chi connectivity index (χ4n) is 2.31. The molecule has 0 saturated heterocycles. The molecule has 0 fully saturated rings. The van der Waals surface area contributed by atoms with Crippen molar-refractivity contribution in [3.8, 4) is 5.75 Å². The molecule has 0 aliphatic carbocycles. The average Bonchev–Trinajstić information content (AvgIpc) is 2.43. The van der Waals surface area contributed by atoms with Gasteiger partial charge in [0, 0.05) is 11.9 Å². The van der Waals surface area contributed by atoms with Gasteiger partial charge in [0.05, 0.1) is 12.1 Å². The van der Waals surface area contributed by atoms with Crippen LogP contribution >= 0.6 is 0 Å². The zero-order valence-corrected chi connectivity index (χ0v) is 12.6. The van der Waals surface area contributed by atoms with Crippen LogP contribution in [-0.4, -0.2) is 18.1 Å². The molecule has 1 aromatic carbocycles. The van der Waals surface area contributed by atoms with Crippen LogP contribution in [0.25, 0.3) is 0 Å². The Morgan fingerprint density at radius 3 is 2.35 bits per heavy atom. The number of hydrogen-bond donors (Lipinski definition) is 1. The number of aromatic nitrogens is 1. The molecule has 1 atom stereocenters. The van der Waals surface area contributed by atoms with Crippen molar-refractivity contribution in [2.45, 2.75) is 32.9 Å². The van der Waals surface area contributed by atoms with E-state index >= 15 is 0 Å². The average molecular weight is 270 g/mol. The summed E-state index contributed by atoms with van der Waals surface area (Å²) < 4.78 is 5.68. The predicted octanol–water partition coefficient (Wildman–Crippen LogP) is 3.49. The number of aryl methyl sites for hydroxylation is 1. The number of pyridine rings is 1. The van der Waals surface area contributed by atoms with Gasteiger partial charge in [-0.2, -0.15) is 0 Å². The summed E-state index contributed by atoms with van der Waals surface area (Å²) in [5, 5.41) is 3.35. The first-order chi connectivity index (χ1) is 9.61. The van der Waals surface area contributed by atoms with E-state index in [2.05, 4.69) is 28.5 Å². The Morgan fingerprint density at radius 1 is 1.10 bits per heavy atom. The first kappa shape index (κ1) is 14.5. The number of hydrogen-bond acceptors (Lipinski definition) is 3. The molecule has 0 radical (unpaired) electrons. The lowest BCUT2D eigenvalue weighted by Gasteiger charge is -2.19. The fourth-order valence-corrected chi connectivity index (χ4v) is 2.31. The SMILES string of the molecule is CNC(c1ccc(OC(C)C)cc1)c1cccnc1C. The second-order valence-electron chi connectivity index (χ2n) is 5.14. The van der Waals surface area contributed by atoms with Crippen LogP contribution in [0, 0.1) is 6.92 Å². The van der Waals surface area contributed by atoms with Gasteiger partial charge in [0.1, 0.15) is 5.75 Å². The minimum atomic E-state index is 0.150. The first-order valence-electron chi connectivity index (χ1n) is 6.97. The monoisotopic (exact) mass is 270 g/mol. The van der Waals surface area contributed by atoms with E-state index in [0.29, 0.717) is 0 Å². The van der Waals surface area contributed by atoms with Crippen LogP contribution in [-0.2, 0) is 0 Å². The second-order valence-corrected chi connectivity index (χ2v) is 5.14. The third kappa shape index (κ3) is 3.36. The lowest BCUT2D eigenvalue weighted by Crippen LogP contribution is -2.19. The number of benzene rings is 1. The minimum absolute atomic E-state index is 0.150. The maximum absolute atomic E-state index is 5.68. The van der Waals surface area contributed by atoms with E-state index in [0.717, 1.165) is 11.4 Å². The summed E-state index contributed by atoms with van der Waals surface area (Å²) in [6, 6.07) is 12.5. The number of nitrogens with one attached hydrogen (secondary N) is 1. The third-order valence-corrected chi connectivity index (χ3v) is 3.23. The van der Waals surface area contributed by atoms with Gasteiger partial charge in [0.25, 0.3) is 0 Å². The lowest BCUT2D eigenvalue weighted by molar-refractivity contribution is 0.242. The largest absolute Gasteiger partial charge is 0.491 e. The maximum Gasteiger partial charge on any atom is 0.119 e. The highest BCUT2D eigenvalue weighted by molar-refractivity contribution is 5.36. The van der Waals surface area contributed by atoms with Crippen LogP contribution in [0.2, 0.25) is 0 Å². The van der Waals surface area contributed by atoms with Gasteiger partial charge in [-0.15, -0.1) is 0 Å². The summed E-state index contributed by atoms with van der Waals surface area (Å²) in [6.07, 6.45) is 2.02. The molecule has 106 valence electrons. The Kier molecular flexibility index (Phi) is 4.74. The molecule has 20 heavy (non-hydrogen) atoms. The van der Waals surface area contributed by atoms with Crippen LogP contribution in [0.3, 0.4) is 0 Å². The molecule has 2 rings (SSSR count). The quantitative estimate of drug-likeness (QED) is 0.903. The van der Waals surface area contributed by atoms with Crippen molar-refractivity contribution in [1.82, 2.24) is 10.3 Å². The van der Waals surface area contributed by atoms with Gasteiger partial charge in [0.2, 0.25) is 0 Å². The number of rotatable bonds is 5. The van der Waals surface area contributed by atoms with Gasteiger partial charge < -0.3 is 10.1 Å². The smallest absolute Gasteiger partial charge is 0.119 e. The number of ether oxygens (including phenoxy) is 1. The van der Waals surface area contributed by atoms with Crippen molar-refractivity contribution in [3.05, 3.63) is 59.4 Å². The summed E-state index contributed by atoms with van der Waals surface area (Å²) in [7, 11) is 1.97. The summed E-state index contributed by atoms with van der Waals surface area (Å²) in [5.74, 6) is 0.904. The van der Waals surface area contributed by atoms with Crippen molar-refractivity contribution in [1.29, 1.82) is 0 Å². The number of nitrogens with zero attached hydrogens (tertiary/aromatic N) is 1. The molecule has 0 aliphatic rings. The Bertz CT molecular complexity index is 549. The van der Waals surface area contributed by atoms with Crippen molar-refractivity contribution in [3.63, 3.8) is 0 Å². The van der Waals surface area contributed by atoms with Crippen molar-refractivity contribution in [2.24, 2.45) is 0 Å². The van der Waals surface area contributed by atoms with Gasteiger partial charge in [-0.3, -0.25) is 4.98 Å². The molecule has 1 N–H and O–H groups in total. The molecule has 0 bridgehead atoms. The topological polar surface area (TPSA) is 34.1 Å². The molecule has 2 aromatic rings. The molecule has 0 aliphatic heterocycles. The lowest BCUT2D eigenvalue weighted by atomic mass is 9.98. The summed E-state index contributed by atoms with van der Waals surface area (Å²) >= 11 is 0. The van der Waals surface area contributed by atoms with E-state index in [4.69, 9.17) is 4.74 Å². The molecular formula is C17H22N2O. The Balaban J connectivity index is 2.26. The minimum Gasteiger partial charge on any atom is -0.491 e. The van der Waals surface area contributed by atoms with Crippen LogP contribution in [0.5, 0.6) is 5.75 Å². The molecule has 3 heteroatoms. The Morgan fingerprint density at radius 2 is 1.80 bits per heavy atom. The third-order valence-electron chi connectivity index (χ3n) is 3.23. The van der Waals surface area contributed by atoms with E-state index < -0.39 is 0 Å². The zero-order valence-electron chi connectivity index (χ0n) is 12.6. The van der Waals surface area contributed by atoms with Crippen LogP contribution in [0.4, 0.5) is 0 Å². The van der Waals surface area contributed by atoms with E-state index in [1.807, 2.05) is 52.2 Å². The van der Waals surface area contributed by atoms with Gasteiger partial charge in [-0.05, 0) is 57.1 Å². The molecule has 0 amide bonds. The Hall–Kier alpha value is -1.87. The molecule has 0 saturated carbocycles. The standard InChI is InChI=1S/C17H22N2O/c1-12(2)20-15-9-7-14(8-10-15)17(18-4)16-6-5-11-19-13(16)3/h5-12,17-18H,1-4H3. The van der Waals surface area contributed by atoms with Crippen molar-refractivity contribution >= 4 is 0 Å². The fraction of sp³-hybridized carbons (Fsp3) is 0.353. The zero-order chi connectivity index (χ0) is 14.5. The first-order valence-corrected chi connectivity index (χ1v) is 6.97. The second kappa shape index (κ2) is 6.53. The van der Waals surface area contributed by atoms with Crippen molar-refractivity contribution < 1.29 is 4.74 Å². The highest BCUT2D eigenvalue weighted by Crippen LogP contribution is 2.25. The van der Waals surface area contributed by atoms with E-state index in [-0.39, 0.29) is 12.1 Å². The van der Waals surface area contributed by atoms with Crippen LogP contribution < -0.4 is 10.1 Å². The molecule has 1 heterocycles. The summed E-state index contributed by atoms with van der Waals surface area (Å²) in [5.41, 5.74) is 3.46. The van der Waals surface area contributed by atoms with E-state index in [1.165, 1.54) is 11.1 Å². The maximum atomic E-state index is 5.68. The summed E-state index contributed by atoms with van der Waals surface area (Å²) in [4.78, 5) is 4.37. The molecule has 1 unspecified atom stereocenters. The van der Waals surface area contributed by atoms with Crippen LogP contribution in [0.1, 0.15) is 36.7 Å². The van der Waals surface area contributed by atoms with Gasteiger partial charge in [-0.25, -0.2) is 0 Å². The molecular weight excluding hydrogens is 248 g/mol. The Labute approximate surface area is 121 Å². The molecule has 1 aromatic heterocycles. The van der Waals surface area contributed by atoms with E-state index in [9.17, 15) is 0 Å².